The molecule has 0 aliphatic carbocycles. The molecule has 0 bridgehead atoms. The summed E-state index contributed by atoms with van der Waals surface area (Å²) >= 11 is 0. The fourth-order valence-corrected chi connectivity index (χ4v) is 10.7. The van der Waals surface area contributed by atoms with Gasteiger partial charge in [0.05, 0.1) is 0 Å². The molecule has 0 amide bonds. The third kappa shape index (κ3) is 3.37. The van der Waals surface area contributed by atoms with Crippen molar-refractivity contribution in [3.05, 3.63) is 48.5 Å². The van der Waals surface area contributed by atoms with Crippen molar-refractivity contribution in [2.75, 3.05) is 0 Å². The molecule has 0 saturated heterocycles. The Labute approximate surface area is 128 Å². The first-order valence-electron chi connectivity index (χ1n) is 7.01. The molecular weight excluding hydrogens is 296 g/mol. The summed E-state index contributed by atoms with van der Waals surface area (Å²) < 4.78 is 6.52. The molecule has 2 N–H and O–H groups in total. The second kappa shape index (κ2) is 5.67. The van der Waals surface area contributed by atoms with E-state index in [4.69, 9.17) is 4.12 Å². The van der Waals surface area contributed by atoms with E-state index in [1.807, 2.05) is 30.8 Å². The lowest BCUT2D eigenvalue weighted by atomic mass is 10.3. The van der Waals surface area contributed by atoms with Gasteiger partial charge < -0.3 is 14.3 Å². The van der Waals surface area contributed by atoms with Crippen molar-refractivity contribution in [2.24, 2.45) is 0 Å². The Morgan fingerprint density at radius 3 is 1.43 bits per heavy atom. The molecule has 2 rings (SSSR count). The van der Waals surface area contributed by atoms with Crippen LogP contribution in [0.4, 0.5) is 0 Å². The summed E-state index contributed by atoms with van der Waals surface area (Å²) in [6.07, 6.45) is 0. The Bertz CT molecular complexity index is 590. The smallest absolute Gasteiger partial charge is 0.249 e. The standard InChI is InChI=1S/C16H22O3Si2/c1-20(2,3)19-21(4,15-11-7-5-9-13(15)17)16-12-8-6-10-14(16)18/h5-12,17-18H,1-4H3. The molecule has 0 saturated carbocycles. The number of hydrogen-bond donors (Lipinski definition) is 2. The topological polar surface area (TPSA) is 49.7 Å². The van der Waals surface area contributed by atoms with Gasteiger partial charge in [-0.25, -0.2) is 0 Å². The van der Waals surface area contributed by atoms with E-state index in [0.29, 0.717) is 0 Å². The summed E-state index contributed by atoms with van der Waals surface area (Å²) in [4.78, 5) is 0. The number of para-hydroxylation sites is 2. The molecule has 0 unspecified atom stereocenters. The fourth-order valence-electron chi connectivity index (χ4n) is 2.62. The van der Waals surface area contributed by atoms with Crippen LogP contribution in [0.5, 0.6) is 11.5 Å². The average Bonchev–Trinajstić information content (AvgIpc) is 2.37. The van der Waals surface area contributed by atoms with Crippen LogP contribution in [0.25, 0.3) is 0 Å². The Balaban J connectivity index is 2.66. The molecular formula is C16H22O3Si2. The summed E-state index contributed by atoms with van der Waals surface area (Å²) in [5.74, 6) is 0.460. The van der Waals surface area contributed by atoms with Gasteiger partial charge in [0, 0.05) is 10.4 Å². The van der Waals surface area contributed by atoms with Crippen molar-refractivity contribution in [3.63, 3.8) is 0 Å². The van der Waals surface area contributed by atoms with E-state index in [-0.39, 0.29) is 11.5 Å². The maximum Gasteiger partial charge on any atom is 0.249 e. The van der Waals surface area contributed by atoms with E-state index in [0.717, 1.165) is 10.4 Å². The molecule has 0 spiro atoms. The fraction of sp³-hybridized carbons (Fsp3) is 0.250. The highest BCUT2D eigenvalue weighted by Gasteiger charge is 2.41. The number of rotatable bonds is 4. The van der Waals surface area contributed by atoms with E-state index in [2.05, 4.69) is 19.6 Å². The molecule has 112 valence electrons. The first-order valence-corrected chi connectivity index (χ1v) is 12.8. The van der Waals surface area contributed by atoms with Gasteiger partial charge in [0.25, 0.3) is 0 Å². The number of benzene rings is 2. The monoisotopic (exact) mass is 318 g/mol. The zero-order valence-electron chi connectivity index (χ0n) is 12.9. The van der Waals surface area contributed by atoms with Crippen LogP contribution in [-0.4, -0.2) is 26.8 Å². The van der Waals surface area contributed by atoms with Gasteiger partial charge in [-0.05, 0) is 38.3 Å². The lowest BCUT2D eigenvalue weighted by Crippen LogP contribution is -2.62. The van der Waals surface area contributed by atoms with Gasteiger partial charge in [0.15, 0.2) is 8.32 Å². The lowest BCUT2D eigenvalue weighted by molar-refractivity contribution is 0.473. The largest absolute Gasteiger partial charge is 0.508 e. The Morgan fingerprint density at radius 1 is 0.714 bits per heavy atom. The van der Waals surface area contributed by atoms with Crippen LogP contribution in [0, 0.1) is 0 Å². The van der Waals surface area contributed by atoms with Crippen LogP contribution < -0.4 is 10.4 Å². The van der Waals surface area contributed by atoms with Crippen LogP contribution in [0.15, 0.2) is 48.5 Å². The van der Waals surface area contributed by atoms with Crippen molar-refractivity contribution in [3.8, 4) is 11.5 Å². The summed E-state index contributed by atoms with van der Waals surface area (Å²) in [5.41, 5.74) is 0. The van der Waals surface area contributed by atoms with Crippen molar-refractivity contribution in [1.82, 2.24) is 0 Å². The minimum absolute atomic E-state index is 0.230. The predicted octanol–water partition coefficient (Wildman–Crippen LogP) is 2.64. The highest BCUT2D eigenvalue weighted by molar-refractivity contribution is 7.02. The molecule has 2 aromatic rings. The molecule has 3 nitrogen and oxygen atoms in total. The molecule has 0 heterocycles. The van der Waals surface area contributed by atoms with E-state index in [1.165, 1.54) is 0 Å². The molecule has 0 fully saturated rings. The molecule has 2 aromatic carbocycles. The predicted molar refractivity (Wildman–Crippen MR) is 91.5 cm³/mol. The SMILES string of the molecule is C[Si](C)(C)O[Si](C)(c1ccccc1O)c1ccccc1O. The first kappa shape index (κ1) is 15.8. The van der Waals surface area contributed by atoms with E-state index in [9.17, 15) is 10.2 Å². The molecule has 0 radical (unpaired) electrons. The minimum Gasteiger partial charge on any atom is -0.508 e. The minimum atomic E-state index is -2.66. The normalized spacial score (nSPS) is 12.4. The average molecular weight is 319 g/mol. The van der Waals surface area contributed by atoms with Gasteiger partial charge in [-0.3, -0.25) is 0 Å². The van der Waals surface area contributed by atoms with Gasteiger partial charge in [-0.1, -0.05) is 36.4 Å². The van der Waals surface area contributed by atoms with Gasteiger partial charge in [-0.15, -0.1) is 0 Å². The summed E-state index contributed by atoms with van der Waals surface area (Å²) in [6.45, 7) is 8.41. The molecule has 21 heavy (non-hydrogen) atoms. The van der Waals surface area contributed by atoms with Crippen LogP contribution in [-0.2, 0) is 4.12 Å². The summed E-state index contributed by atoms with van der Waals surface area (Å²) in [6, 6.07) is 14.5. The van der Waals surface area contributed by atoms with E-state index < -0.39 is 16.6 Å². The highest BCUT2D eigenvalue weighted by Crippen LogP contribution is 2.22. The molecule has 0 atom stereocenters. The van der Waals surface area contributed by atoms with Crippen molar-refractivity contribution in [1.29, 1.82) is 0 Å². The van der Waals surface area contributed by atoms with E-state index in [1.54, 1.807) is 24.3 Å². The van der Waals surface area contributed by atoms with Crippen LogP contribution in [0.1, 0.15) is 0 Å². The van der Waals surface area contributed by atoms with Gasteiger partial charge in [0.1, 0.15) is 11.5 Å². The molecule has 0 aromatic heterocycles. The highest BCUT2D eigenvalue weighted by atomic mass is 28.4. The quantitative estimate of drug-likeness (QED) is 0.852. The Hall–Kier alpha value is -1.57. The van der Waals surface area contributed by atoms with Crippen molar-refractivity contribution >= 4 is 27.0 Å². The van der Waals surface area contributed by atoms with Crippen LogP contribution >= 0.6 is 0 Å². The Morgan fingerprint density at radius 2 is 1.10 bits per heavy atom. The lowest BCUT2D eigenvalue weighted by Gasteiger charge is -2.35. The second-order valence-electron chi connectivity index (χ2n) is 6.28. The summed E-state index contributed by atoms with van der Waals surface area (Å²) in [5, 5.41) is 22.2. The second-order valence-corrected chi connectivity index (χ2v) is 14.5. The van der Waals surface area contributed by atoms with Gasteiger partial charge >= 0.3 is 0 Å². The number of hydrogen-bond acceptors (Lipinski definition) is 3. The maximum absolute atomic E-state index is 10.3. The zero-order chi connectivity index (χ0) is 15.7. The number of phenolic OH excluding ortho intramolecular Hbond substituents is 2. The first-order chi connectivity index (χ1) is 9.74. The van der Waals surface area contributed by atoms with E-state index >= 15 is 0 Å². The number of aromatic hydroxyl groups is 2. The van der Waals surface area contributed by atoms with Gasteiger partial charge in [-0.2, -0.15) is 0 Å². The third-order valence-corrected chi connectivity index (χ3v) is 10.3. The third-order valence-electron chi connectivity index (χ3n) is 3.35. The summed E-state index contributed by atoms with van der Waals surface area (Å²) in [7, 11) is -4.53. The van der Waals surface area contributed by atoms with Crippen LogP contribution in [0.2, 0.25) is 26.2 Å². The molecule has 0 aliphatic rings. The van der Waals surface area contributed by atoms with Crippen molar-refractivity contribution < 1.29 is 14.3 Å². The zero-order valence-corrected chi connectivity index (χ0v) is 14.9. The Kier molecular flexibility index (Phi) is 4.27. The van der Waals surface area contributed by atoms with Crippen LogP contribution in [0.3, 0.4) is 0 Å². The number of phenols is 2. The molecule has 0 aliphatic heterocycles. The molecule has 5 heteroatoms. The maximum atomic E-state index is 10.3. The van der Waals surface area contributed by atoms with Crippen molar-refractivity contribution in [2.45, 2.75) is 26.2 Å². The van der Waals surface area contributed by atoms with Gasteiger partial charge in [0.2, 0.25) is 8.32 Å².